The maximum Gasteiger partial charge on any atom is 0.262 e. The van der Waals surface area contributed by atoms with Crippen LogP contribution in [0.15, 0.2) is 46.9 Å². The SMILES string of the molecule is CCOc1ccccc1OCC(=O)Nc1ccc(Br)cc1Cl. The number of amides is 1. The fourth-order valence-electron chi connectivity index (χ4n) is 1.76. The van der Waals surface area contributed by atoms with E-state index in [1.54, 1.807) is 30.3 Å². The van der Waals surface area contributed by atoms with Gasteiger partial charge >= 0.3 is 0 Å². The minimum absolute atomic E-state index is 0.128. The van der Waals surface area contributed by atoms with Crippen LogP contribution in [0.2, 0.25) is 5.02 Å². The lowest BCUT2D eigenvalue weighted by molar-refractivity contribution is -0.118. The summed E-state index contributed by atoms with van der Waals surface area (Å²) in [5, 5.41) is 3.16. The summed E-state index contributed by atoms with van der Waals surface area (Å²) in [7, 11) is 0. The van der Waals surface area contributed by atoms with Crippen molar-refractivity contribution < 1.29 is 14.3 Å². The summed E-state index contributed by atoms with van der Waals surface area (Å²) in [5.41, 5.74) is 0.538. The first-order valence-electron chi connectivity index (χ1n) is 6.69. The van der Waals surface area contributed by atoms with E-state index in [9.17, 15) is 4.79 Å². The van der Waals surface area contributed by atoms with Crippen LogP contribution in [-0.4, -0.2) is 19.1 Å². The van der Waals surface area contributed by atoms with Gasteiger partial charge in [0.15, 0.2) is 18.1 Å². The summed E-state index contributed by atoms with van der Waals surface area (Å²) in [5.74, 6) is 0.844. The Morgan fingerprint density at radius 3 is 2.50 bits per heavy atom. The third kappa shape index (κ3) is 4.64. The highest BCUT2D eigenvalue weighted by molar-refractivity contribution is 9.10. The maximum atomic E-state index is 11.9. The Morgan fingerprint density at radius 1 is 1.18 bits per heavy atom. The summed E-state index contributed by atoms with van der Waals surface area (Å²) in [6.07, 6.45) is 0. The first kappa shape index (κ1) is 16.6. The van der Waals surface area contributed by atoms with E-state index in [1.807, 2.05) is 19.1 Å². The van der Waals surface area contributed by atoms with Crippen LogP contribution in [-0.2, 0) is 4.79 Å². The second-order valence-electron chi connectivity index (χ2n) is 4.34. The average Bonchev–Trinajstić information content (AvgIpc) is 2.49. The third-order valence-corrected chi connectivity index (χ3v) is 3.52. The fourth-order valence-corrected chi connectivity index (χ4v) is 2.49. The second-order valence-corrected chi connectivity index (χ2v) is 5.66. The number of carbonyl (C=O) groups excluding carboxylic acids is 1. The first-order chi connectivity index (χ1) is 10.6. The average molecular weight is 385 g/mol. The molecule has 2 aromatic carbocycles. The molecule has 0 atom stereocenters. The number of nitrogens with one attached hydrogen (secondary N) is 1. The van der Waals surface area contributed by atoms with Crippen molar-refractivity contribution in [2.24, 2.45) is 0 Å². The molecular formula is C16H15BrClNO3. The lowest BCUT2D eigenvalue weighted by Gasteiger charge is -2.12. The van der Waals surface area contributed by atoms with Gasteiger partial charge in [0.05, 0.1) is 17.3 Å². The van der Waals surface area contributed by atoms with Crippen molar-refractivity contribution in [3.05, 3.63) is 52.0 Å². The van der Waals surface area contributed by atoms with E-state index in [1.165, 1.54) is 0 Å². The normalized spacial score (nSPS) is 10.1. The van der Waals surface area contributed by atoms with Gasteiger partial charge in [-0.3, -0.25) is 4.79 Å². The Labute approximate surface area is 142 Å². The number of ether oxygens (including phenoxy) is 2. The van der Waals surface area contributed by atoms with E-state index >= 15 is 0 Å². The molecule has 1 amide bonds. The summed E-state index contributed by atoms with van der Waals surface area (Å²) < 4.78 is 11.8. The molecule has 0 saturated heterocycles. The van der Waals surface area contributed by atoms with E-state index in [0.29, 0.717) is 28.8 Å². The van der Waals surface area contributed by atoms with Gasteiger partial charge in [-0.1, -0.05) is 39.7 Å². The maximum absolute atomic E-state index is 11.9. The molecule has 0 aliphatic heterocycles. The zero-order chi connectivity index (χ0) is 15.9. The van der Waals surface area contributed by atoms with Crippen molar-refractivity contribution in [3.63, 3.8) is 0 Å². The van der Waals surface area contributed by atoms with Crippen LogP contribution >= 0.6 is 27.5 Å². The topological polar surface area (TPSA) is 47.6 Å². The van der Waals surface area contributed by atoms with Gasteiger partial charge in [0.2, 0.25) is 0 Å². The Morgan fingerprint density at radius 2 is 1.86 bits per heavy atom. The smallest absolute Gasteiger partial charge is 0.262 e. The summed E-state index contributed by atoms with van der Waals surface area (Å²) >= 11 is 9.36. The molecule has 0 saturated carbocycles. The number of anilines is 1. The van der Waals surface area contributed by atoms with Gasteiger partial charge < -0.3 is 14.8 Å². The highest BCUT2D eigenvalue weighted by atomic mass is 79.9. The molecule has 4 nitrogen and oxygen atoms in total. The quantitative estimate of drug-likeness (QED) is 0.796. The number of benzene rings is 2. The van der Waals surface area contributed by atoms with E-state index in [2.05, 4.69) is 21.2 Å². The Balaban J connectivity index is 1.95. The molecule has 1 N–H and O–H groups in total. The molecular weight excluding hydrogens is 370 g/mol. The van der Waals surface area contributed by atoms with Gasteiger partial charge in [0.25, 0.3) is 5.91 Å². The fraction of sp³-hybridized carbons (Fsp3) is 0.188. The number of rotatable bonds is 6. The highest BCUT2D eigenvalue weighted by Crippen LogP contribution is 2.27. The van der Waals surface area contributed by atoms with Crippen molar-refractivity contribution in [1.82, 2.24) is 0 Å². The molecule has 2 aromatic rings. The number of halogens is 2. The monoisotopic (exact) mass is 383 g/mol. The van der Waals surface area contributed by atoms with Gasteiger partial charge in [-0.25, -0.2) is 0 Å². The van der Waals surface area contributed by atoms with E-state index in [4.69, 9.17) is 21.1 Å². The van der Waals surface area contributed by atoms with Crippen molar-refractivity contribution >= 4 is 39.1 Å². The van der Waals surface area contributed by atoms with Gasteiger partial charge in [-0.15, -0.1) is 0 Å². The molecule has 0 aliphatic carbocycles. The van der Waals surface area contributed by atoms with Crippen molar-refractivity contribution in [2.45, 2.75) is 6.92 Å². The molecule has 0 spiro atoms. The summed E-state index contributed by atoms with van der Waals surface area (Å²) in [6, 6.07) is 12.4. The van der Waals surface area contributed by atoms with Crippen molar-refractivity contribution in [2.75, 3.05) is 18.5 Å². The number of hydrogen-bond donors (Lipinski definition) is 1. The second kappa shape index (κ2) is 8.06. The van der Waals surface area contributed by atoms with Crippen molar-refractivity contribution in [1.29, 1.82) is 0 Å². The molecule has 0 bridgehead atoms. The first-order valence-corrected chi connectivity index (χ1v) is 7.86. The van der Waals surface area contributed by atoms with Gasteiger partial charge in [0.1, 0.15) is 0 Å². The molecule has 0 unspecified atom stereocenters. The van der Waals surface area contributed by atoms with Crippen LogP contribution in [0.1, 0.15) is 6.92 Å². The highest BCUT2D eigenvalue weighted by Gasteiger charge is 2.09. The third-order valence-electron chi connectivity index (χ3n) is 2.71. The van der Waals surface area contributed by atoms with Crippen molar-refractivity contribution in [3.8, 4) is 11.5 Å². The largest absolute Gasteiger partial charge is 0.490 e. The molecule has 22 heavy (non-hydrogen) atoms. The van der Waals surface area contributed by atoms with E-state index in [0.717, 1.165) is 4.47 Å². The molecule has 0 aliphatic rings. The summed E-state index contributed by atoms with van der Waals surface area (Å²) in [6.45, 7) is 2.29. The van der Waals surface area contributed by atoms with Crippen LogP contribution in [0.5, 0.6) is 11.5 Å². The zero-order valence-electron chi connectivity index (χ0n) is 11.9. The van der Waals surface area contributed by atoms with Crippen LogP contribution in [0.25, 0.3) is 0 Å². The van der Waals surface area contributed by atoms with Gasteiger partial charge in [-0.2, -0.15) is 0 Å². The van der Waals surface area contributed by atoms with Crippen LogP contribution in [0.3, 0.4) is 0 Å². The lowest BCUT2D eigenvalue weighted by atomic mass is 10.3. The summed E-state index contributed by atoms with van der Waals surface area (Å²) in [4.78, 5) is 11.9. The predicted octanol–water partition coefficient (Wildman–Crippen LogP) is 4.52. The van der Waals surface area contributed by atoms with Crippen LogP contribution in [0, 0.1) is 0 Å². The minimum Gasteiger partial charge on any atom is -0.490 e. The standard InChI is InChI=1S/C16H15BrClNO3/c1-2-21-14-5-3-4-6-15(14)22-10-16(20)19-13-8-7-11(17)9-12(13)18/h3-9H,2,10H2,1H3,(H,19,20). The Hall–Kier alpha value is -1.72. The van der Waals surface area contributed by atoms with E-state index < -0.39 is 0 Å². The molecule has 0 heterocycles. The van der Waals surface area contributed by atoms with Crippen LogP contribution < -0.4 is 14.8 Å². The van der Waals surface area contributed by atoms with Crippen LogP contribution in [0.4, 0.5) is 5.69 Å². The Kier molecular flexibility index (Phi) is 6.10. The minimum atomic E-state index is -0.296. The zero-order valence-corrected chi connectivity index (χ0v) is 14.3. The van der Waals surface area contributed by atoms with Gasteiger partial charge in [-0.05, 0) is 37.3 Å². The number of carbonyl (C=O) groups is 1. The number of hydrogen-bond acceptors (Lipinski definition) is 3. The molecule has 116 valence electrons. The van der Waals surface area contributed by atoms with E-state index in [-0.39, 0.29) is 12.5 Å². The predicted molar refractivity (Wildman–Crippen MR) is 90.9 cm³/mol. The lowest BCUT2D eigenvalue weighted by Crippen LogP contribution is -2.20. The molecule has 0 aromatic heterocycles. The molecule has 2 rings (SSSR count). The number of para-hydroxylation sites is 2. The Bertz CT molecular complexity index is 664. The van der Waals surface area contributed by atoms with Gasteiger partial charge in [0, 0.05) is 4.47 Å². The molecule has 6 heteroatoms. The molecule has 0 radical (unpaired) electrons. The molecule has 0 fully saturated rings.